The molecule has 1 heterocycles. The van der Waals surface area contributed by atoms with Gasteiger partial charge in [0, 0.05) is 26.2 Å². The van der Waals surface area contributed by atoms with Crippen molar-refractivity contribution < 1.29 is 9.90 Å². The Labute approximate surface area is 79.1 Å². The van der Waals surface area contributed by atoms with Crippen LogP contribution in [0.3, 0.4) is 0 Å². The quantitative estimate of drug-likeness (QED) is 0.654. The molecule has 0 spiro atoms. The molecule has 0 bridgehead atoms. The predicted molar refractivity (Wildman–Crippen MR) is 50.7 cm³/mol. The minimum atomic E-state index is -0.711. The summed E-state index contributed by atoms with van der Waals surface area (Å²) in [5, 5.41) is 8.47. The van der Waals surface area contributed by atoms with Crippen LogP contribution in [-0.2, 0) is 4.79 Å². The van der Waals surface area contributed by atoms with Crippen molar-refractivity contribution in [3.63, 3.8) is 0 Å². The van der Waals surface area contributed by atoms with Gasteiger partial charge in [-0.2, -0.15) is 0 Å². The van der Waals surface area contributed by atoms with Gasteiger partial charge in [0.2, 0.25) is 0 Å². The molecule has 1 N–H and O–H groups in total. The number of hydrogen-bond acceptors (Lipinski definition) is 3. The summed E-state index contributed by atoms with van der Waals surface area (Å²) in [6.45, 7) is 3.99. The third-order valence-corrected chi connectivity index (χ3v) is 2.42. The summed E-state index contributed by atoms with van der Waals surface area (Å²) >= 11 is 0. The highest BCUT2D eigenvalue weighted by Crippen LogP contribution is 2.13. The van der Waals surface area contributed by atoms with Crippen LogP contribution in [0.4, 0.5) is 0 Å². The molecular formula is C9H18N2O2. The van der Waals surface area contributed by atoms with Crippen LogP contribution >= 0.6 is 0 Å². The first-order chi connectivity index (χ1) is 6.08. The Kier molecular flexibility index (Phi) is 3.69. The van der Waals surface area contributed by atoms with Gasteiger partial charge in [-0.1, -0.05) is 0 Å². The lowest BCUT2D eigenvalue weighted by molar-refractivity contribution is -0.137. The van der Waals surface area contributed by atoms with E-state index in [-0.39, 0.29) is 6.42 Å². The van der Waals surface area contributed by atoms with E-state index in [1.807, 2.05) is 7.05 Å². The van der Waals surface area contributed by atoms with Gasteiger partial charge in [-0.3, -0.25) is 4.79 Å². The van der Waals surface area contributed by atoms with E-state index in [1.165, 1.54) is 0 Å². The second kappa shape index (κ2) is 4.58. The van der Waals surface area contributed by atoms with E-state index >= 15 is 0 Å². The minimum absolute atomic E-state index is 0.249. The molecule has 1 fully saturated rings. The smallest absolute Gasteiger partial charge is 0.304 e. The van der Waals surface area contributed by atoms with E-state index in [2.05, 4.69) is 16.8 Å². The maximum absolute atomic E-state index is 10.3. The number of carboxylic acid groups (broad SMARTS) is 1. The van der Waals surface area contributed by atoms with Crippen molar-refractivity contribution in [2.24, 2.45) is 5.92 Å². The Morgan fingerprint density at radius 3 is 2.69 bits per heavy atom. The average Bonchev–Trinajstić information content (AvgIpc) is 1.98. The van der Waals surface area contributed by atoms with Crippen molar-refractivity contribution in [1.29, 1.82) is 0 Å². The highest BCUT2D eigenvalue weighted by atomic mass is 16.4. The van der Waals surface area contributed by atoms with E-state index in [9.17, 15) is 4.79 Å². The van der Waals surface area contributed by atoms with Crippen LogP contribution in [0.5, 0.6) is 0 Å². The Morgan fingerprint density at radius 2 is 2.23 bits per heavy atom. The van der Waals surface area contributed by atoms with Gasteiger partial charge in [0.05, 0.1) is 6.42 Å². The van der Waals surface area contributed by atoms with Gasteiger partial charge in [0.1, 0.15) is 0 Å². The summed E-state index contributed by atoms with van der Waals surface area (Å²) < 4.78 is 0. The number of hydrogen-bond donors (Lipinski definition) is 1. The van der Waals surface area contributed by atoms with Crippen LogP contribution in [0.2, 0.25) is 0 Å². The number of carbonyl (C=O) groups is 1. The van der Waals surface area contributed by atoms with Crippen molar-refractivity contribution in [2.75, 3.05) is 40.3 Å². The molecule has 0 aromatic carbocycles. The average molecular weight is 186 g/mol. The number of aliphatic carboxylic acids is 1. The summed E-state index contributed by atoms with van der Waals surface area (Å²) in [6, 6.07) is 0. The third kappa shape index (κ3) is 3.74. The van der Waals surface area contributed by atoms with Gasteiger partial charge in [-0.15, -0.1) is 0 Å². The van der Waals surface area contributed by atoms with Crippen molar-refractivity contribution in [2.45, 2.75) is 6.42 Å². The van der Waals surface area contributed by atoms with Gasteiger partial charge in [-0.25, -0.2) is 0 Å². The van der Waals surface area contributed by atoms with Crippen LogP contribution in [0.25, 0.3) is 0 Å². The van der Waals surface area contributed by atoms with Crippen LogP contribution in [0.1, 0.15) is 6.42 Å². The van der Waals surface area contributed by atoms with E-state index in [1.54, 1.807) is 0 Å². The number of nitrogens with zero attached hydrogens (tertiary/aromatic N) is 2. The maximum Gasteiger partial charge on any atom is 0.304 e. The summed E-state index contributed by atoms with van der Waals surface area (Å²) in [5.74, 6) is 0.0290. The summed E-state index contributed by atoms with van der Waals surface area (Å²) in [7, 11) is 4.09. The van der Waals surface area contributed by atoms with Crippen molar-refractivity contribution in [3.05, 3.63) is 0 Å². The zero-order chi connectivity index (χ0) is 9.84. The van der Waals surface area contributed by atoms with E-state index in [4.69, 9.17) is 5.11 Å². The lowest BCUT2D eigenvalue weighted by atomic mass is 10.0. The highest BCUT2D eigenvalue weighted by Gasteiger charge is 2.23. The first kappa shape index (κ1) is 10.5. The molecule has 0 saturated carbocycles. The van der Waals surface area contributed by atoms with Gasteiger partial charge in [0.25, 0.3) is 0 Å². The fraction of sp³-hybridized carbons (Fsp3) is 0.889. The highest BCUT2D eigenvalue weighted by molar-refractivity contribution is 5.66. The molecule has 13 heavy (non-hydrogen) atoms. The standard InChI is InChI=1S/C9H18N2O2/c1-10(4-3-9(12)13)5-8-6-11(2)7-8/h8H,3-7H2,1-2H3,(H,12,13). The van der Waals surface area contributed by atoms with Crippen LogP contribution in [0.15, 0.2) is 0 Å². The van der Waals surface area contributed by atoms with Crippen LogP contribution in [-0.4, -0.2) is 61.2 Å². The summed E-state index contributed by atoms with van der Waals surface area (Å²) in [6.07, 6.45) is 0.249. The molecule has 0 radical (unpaired) electrons. The van der Waals surface area contributed by atoms with Crippen molar-refractivity contribution >= 4 is 5.97 Å². The molecular weight excluding hydrogens is 168 g/mol. The maximum atomic E-state index is 10.3. The third-order valence-electron chi connectivity index (χ3n) is 2.42. The molecule has 0 aromatic heterocycles. The predicted octanol–water partition coefficient (Wildman–Crippen LogP) is -0.0455. The zero-order valence-electron chi connectivity index (χ0n) is 8.36. The molecule has 1 aliphatic rings. The first-order valence-corrected chi connectivity index (χ1v) is 4.67. The molecule has 4 nitrogen and oxygen atoms in total. The van der Waals surface area contributed by atoms with Gasteiger partial charge >= 0.3 is 5.97 Å². The fourth-order valence-corrected chi connectivity index (χ4v) is 1.76. The molecule has 1 rings (SSSR count). The topological polar surface area (TPSA) is 43.8 Å². The van der Waals surface area contributed by atoms with Gasteiger partial charge < -0.3 is 14.9 Å². The molecule has 0 amide bonds. The Balaban J connectivity index is 2.04. The summed E-state index contributed by atoms with van der Waals surface area (Å²) in [4.78, 5) is 14.7. The van der Waals surface area contributed by atoms with Crippen molar-refractivity contribution in [3.8, 4) is 0 Å². The molecule has 1 aliphatic heterocycles. The largest absolute Gasteiger partial charge is 0.481 e. The Morgan fingerprint density at radius 1 is 1.62 bits per heavy atom. The van der Waals surface area contributed by atoms with Crippen LogP contribution < -0.4 is 0 Å². The first-order valence-electron chi connectivity index (χ1n) is 4.67. The molecule has 0 unspecified atom stereocenters. The molecule has 0 aliphatic carbocycles. The molecule has 1 saturated heterocycles. The van der Waals surface area contributed by atoms with E-state index < -0.39 is 5.97 Å². The van der Waals surface area contributed by atoms with Crippen molar-refractivity contribution in [1.82, 2.24) is 9.80 Å². The number of carboxylic acids is 1. The lowest BCUT2D eigenvalue weighted by Crippen LogP contribution is -2.48. The molecule has 76 valence electrons. The molecule has 4 heteroatoms. The second-order valence-electron chi connectivity index (χ2n) is 3.99. The van der Waals surface area contributed by atoms with E-state index in [0.29, 0.717) is 6.54 Å². The minimum Gasteiger partial charge on any atom is -0.481 e. The normalized spacial score (nSPS) is 19.0. The number of likely N-dealkylation sites (tertiary alicyclic amines) is 1. The lowest BCUT2D eigenvalue weighted by Gasteiger charge is -2.38. The fourth-order valence-electron chi connectivity index (χ4n) is 1.76. The number of rotatable bonds is 5. The SMILES string of the molecule is CN(CCC(=O)O)CC1CN(C)C1. The van der Waals surface area contributed by atoms with Gasteiger partial charge in [0.15, 0.2) is 0 Å². The summed E-state index contributed by atoms with van der Waals surface area (Å²) in [5.41, 5.74) is 0. The molecule has 0 aromatic rings. The zero-order valence-corrected chi connectivity index (χ0v) is 8.36. The second-order valence-corrected chi connectivity index (χ2v) is 3.99. The van der Waals surface area contributed by atoms with Crippen LogP contribution in [0, 0.1) is 5.92 Å². The molecule has 0 atom stereocenters. The Hall–Kier alpha value is -0.610. The van der Waals surface area contributed by atoms with E-state index in [0.717, 1.165) is 25.6 Å². The monoisotopic (exact) mass is 186 g/mol. The Bertz CT molecular complexity index is 178. The van der Waals surface area contributed by atoms with Gasteiger partial charge in [-0.05, 0) is 20.0 Å².